The number of hydrogen-bond acceptors (Lipinski definition) is 8. The van der Waals surface area contributed by atoms with Crippen LogP contribution in [0.3, 0.4) is 0 Å². The van der Waals surface area contributed by atoms with Crippen molar-refractivity contribution in [2.75, 3.05) is 10.6 Å². The van der Waals surface area contributed by atoms with Crippen LogP contribution < -0.4 is 10.6 Å². The van der Waals surface area contributed by atoms with Gasteiger partial charge in [0.1, 0.15) is 12.1 Å². The first-order chi connectivity index (χ1) is 12.0. The van der Waals surface area contributed by atoms with Crippen LogP contribution in [-0.2, 0) is 0 Å². The SMILES string of the molecule is O=[N+]([O-])c1c(Nc2ccc(Br)cn2)ncnc1Nc1cccnc1Cl. The molecule has 9 nitrogen and oxygen atoms in total. The number of rotatable bonds is 5. The monoisotopic (exact) mass is 421 g/mol. The third kappa shape index (κ3) is 3.98. The van der Waals surface area contributed by atoms with Gasteiger partial charge in [0.25, 0.3) is 0 Å². The zero-order valence-corrected chi connectivity index (χ0v) is 14.7. The van der Waals surface area contributed by atoms with Crippen LogP contribution in [0.1, 0.15) is 0 Å². The Morgan fingerprint density at radius 3 is 2.48 bits per heavy atom. The molecular weight excluding hydrogens is 414 g/mol. The standard InChI is InChI=1S/C14H9BrClN7O2/c15-8-3-4-10(18-6-8)22-14-11(23(24)25)13(19-7-20-14)21-9-2-1-5-17-12(9)16/h1-7H,(H2,18,19,20,21,22). The molecule has 126 valence electrons. The van der Waals surface area contributed by atoms with Crippen LogP contribution in [0.2, 0.25) is 5.15 Å². The van der Waals surface area contributed by atoms with Crippen LogP contribution in [0.25, 0.3) is 0 Å². The van der Waals surface area contributed by atoms with Gasteiger partial charge < -0.3 is 10.6 Å². The van der Waals surface area contributed by atoms with Crippen molar-refractivity contribution in [1.82, 2.24) is 19.9 Å². The molecule has 3 aromatic heterocycles. The highest BCUT2D eigenvalue weighted by Gasteiger charge is 2.24. The molecule has 0 aliphatic heterocycles. The fourth-order valence-corrected chi connectivity index (χ4v) is 2.31. The quantitative estimate of drug-likeness (QED) is 0.359. The zero-order chi connectivity index (χ0) is 17.8. The third-order valence-electron chi connectivity index (χ3n) is 2.99. The van der Waals surface area contributed by atoms with E-state index in [1.165, 1.54) is 12.5 Å². The van der Waals surface area contributed by atoms with Crippen molar-refractivity contribution >= 4 is 56.4 Å². The second-order valence-corrected chi connectivity index (χ2v) is 5.90. The summed E-state index contributed by atoms with van der Waals surface area (Å²) in [6.45, 7) is 0. The van der Waals surface area contributed by atoms with Crippen LogP contribution >= 0.6 is 27.5 Å². The van der Waals surface area contributed by atoms with Gasteiger partial charge in [-0.05, 0) is 40.2 Å². The topological polar surface area (TPSA) is 119 Å². The van der Waals surface area contributed by atoms with Gasteiger partial charge in [-0.25, -0.2) is 19.9 Å². The number of anilines is 4. The lowest BCUT2D eigenvalue weighted by Crippen LogP contribution is -2.06. The minimum Gasteiger partial charge on any atom is -0.332 e. The second-order valence-electron chi connectivity index (χ2n) is 4.63. The molecule has 11 heteroatoms. The molecule has 0 amide bonds. The van der Waals surface area contributed by atoms with Gasteiger partial charge in [-0.15, -0.1) is 0 Å². The summed E-state index contributed by atoms with van der Waals surface area (Å²) in [6.07, 6.45) is 4.26. The first kappa shape index (κ1) is 17.0. The normalized spacial score (nSPS) is 10.3. The Bertz CT molecular complexity index is 923. The highest BCUT2D eigenvalue weighted by atomic mass is 79.9. The van der Waals surface area contributed by atoms with E-state index in [-0.39, 0.29) is 22.5 Å². The number of hydrogen-bond donors (Lipinski definition) is 2. The van der Waals surface area contributed by atoms with Crippen LogP contribution in [0, 0.1) is 10.1 Å². The summed E-state index contributed by atoms with van der Waals surface area (Å²) in [5, 5.41) is 17.3. The van der Waals surface area contributed by atoms with Crippen LogP contribution in [0.4, 0.5) is 28.8 Å². The maximum absolute atomic E-state index is 11.5. The summed E-state index contributed by atoms with van der Waals surface area (Å²) < 4.78 is 0.781. The number of nitrogens with one attached hydrogen (secondary N) is 2. The maximum atomic E-state index is 11.5. The molecule has 3 heterocycles. The predicted molar refractivity (Wildman–Crippen MR) is 96.4 cm³/mol. The zero-order valence-electron chi connectivity index (χ0n) is 12.3. The van der Waals surface area contributed by atoms with Gasteiger partial charge >= 0.3 is 5.69 Å². The summed E-state index contributed by atoms with van der Waals surface area (Å²) in [7, 11) is 0. The lowest BCUT2D eigenvalue weighted by Gasteiger charge is -2.10. The average molecular weight is 423 g/mol. The second kappa shape index (κ2) is 7.36. The summed E-state index contributed by atoms with van der Waals surface area (Å²) in [5.41, 5.74) is 0.0471. The molecule has 3 rings (SSSR count). The number of nitrogens with zero attached hydrogens (tertiary/aromatic N) is 5. The number of aromatic nitrogens is 4. The molecule has 0 saturated heterocycles. The molecule has 0 spiro atoms. The van der Waals surface area contributed by atoms with E-state index >= 15 is 0 Å². The molecule has 0 unspecified atom stereocenters. The molecule has 2 N–H and O–H groups in total. The van der Waals surface area contributed by atoms with E-state index in [9.17, 15) is 10.1 Å². The van der Waals surface area contributed by atoms with E-state index in [0.29, 0.717) is 11.5 Å². The van der Waals surface area contributed by atoms with E-state index in [2.05, 4.69) is 46.5 Å². The third-order valence-corrected chi connectivity index (χ3v) is 3.76. The van der Waals surface area contributed by atoms with Crippen molar-refractivity contribution in [3.8, 4) is 0 Å². The van der Waals surface area contributed by atoms with Crippen molar-refractivity contribution in [2.24, 2.45) is 0 Å². The van der Waals surface area contributed by atoms with E-state index in [0.717, 1.165) is 4.47 Å². The Morgan fingerprint density at radius 2 is 1.84 bits per heavy atom. The largest absolute Gasteiger partial charge is 0.353 e. The molecule has 0 radical (unpaired) electrons. The Morgan fingerprint density at radius 1 is 1.08 bits per heavy atom. The minimum absolute atomic E-state index is 0.00247. The van der Waals surface area contributed by atoms with Crippen molar-refractivity contribution in [3.05, 3.63) is 62.7 Å². The van der Waals surface area contributed by atoms with E-state index in [1.54, 1.807) is 30.5 Å². The van der Waals surface area contributed by atoms with Gasteiger partial charge in [0.05, 0.1) is 10.6 Å². The van der Waals surface area contributed by atoms with Gasteiger partial charge in [-0.3, -0.25) is 10.1 Å². The van der Waals surface area contributed by atoms with Crippen LogP contribution in [0.15, 0.2) is 47.5 Å². The lowest BCUT2D eigenvalue weighted by molar-refractivity contribution is -0.383. The fourth-order valence-electron chi connectivity index (χ4n) is 1.91. The van der Waals surface area contributed by atoms with Gasteiger partial charge in [0, 0.05) is 16.9 Å². The molecule has 0 aromatic carbocycles. The average Bonchev–Trinajstić information content (AvgIpc) is 2.59. The van der Waals surface area contributed by atoms with Crippen molar-refractivity contribution in [1.29, 1.82) is 0 Å². The maximum Gasteiger partial charge on any atom is 0.353 e. The van der Waals surface area contributed by atoms with Crippen LogP contribution in [0.5, 0.6) is 0 Å². The van der Waals surface area contributed by atoms with Gasteiger partial charge in [0.2, 0.25) is 11.6 Å². The molecular formula is C14H9BrClN7O2. The fraction of sp³-hybridized carbons (Fsp3) is 0. The molecule has 25 heavy (non-hydrogen) atoms. The smallest absolute Gasteiger partial charge is 0.332 e. The summed E-state index contributed by atoms with van der Waals surface area (Å²) >= 11 is 9.24. The highest BCUT2D eigenvalue weighted by molar-refractivity contribution is 9.10. The lowest BCUT2D eigenvalue weighted by atomic mass is 10.3. The molecule has 0 aliphatic rings. The first-order valence-corrected chi connectivity index (χ1v) is 7.97. The Labute approximate surface area is 154 Å². The first-order valence-electron chi connectivity index (χ1n) is 6.80. The summed E-state index contributed by atoms with van der Waals surface area (Å²) in [4.78, 5) is 26.8. The number of halogens is 2. The minimum atomic E-state index is -0.589. The number of pyridine rings is 2. The Balaban J connectivity index is 1.98. The van der Waals surface area contributed by atoms with E-state index in [1.807, 2.05) is 0 Å². The molecule has 3 aromatic rings. The Kier molecular flexibility index (Phi) is 5.00. The molecule has 0 aliphatic carbocycles. The van der Waals surface area contributed by atoms with E-state index < -0.39 is 4.92 Å². The Hall–Kier alpha value is -2.85. The van der Waals surface area contributed by atoms with Crippen LogP contribution in [-0.4, -0.2) is 24.9 Å². The van der Waals surface area contributed by atoms with Crippen molar-refractivity contribution in [3.63, 3.8) is 0 Å². The van der Waals surface area contributed by atoms with Gasteiger partial charge in [0.15, 0.2) is 5.15 Å². The number of nitro groups is 1. The highest BCUT2D eigenvalue weighted by Crippen LogP contribution is 2.33. The summed E-state index contributed by atoms with van der Waals surface area (Å²) in [5.74, 6) is 0.377. The molecule has 0 fully saturated rings. The predicted octanol–water partition coefficient (Wildman–Crippen LogP) is 4.08. The van der Waals surface area contributed by atoms with Gasteiger partial charge in [-0.2, -0.15) is 0 Å². The summed E-state index contributed by atoms with van der Waals surface area (Å²) in [6, 6.07) is 6.68. The van der Waals surface area contributed by atoms with Crippen molar-refractivity contribution < 1.29 is 4.92 Å². The molecule has 0 bridgehead atoms. The van der Waals surface area contributed by atoms with Gasteiger partial charge in [-0.1, -0.05) is 11.6 Å². The molecule has 0 atom stereocenters. The molecule has 0 saturated carbocycles. The van der Waals surface area contributed by atoms with Crippen molar-refractivity contribution in [2.45, 2.75) is 0 Å². The van der Waals surface area contributed by atoms with E-state index in [4.69, 9.17) is 11.6 Å².